The van der Waals surface area contributed by atoms with Crippen LogP contribution < -0.4 is 39.5 Å². The molecule has 10 N–H and O–H groups in total. The number of anilines is 4. The number of fused-ring (bicyclic) bond motifs is 4. The third-order valence-corrected chi connectivity index (χ3v) is 17.8. The van der Waals surface area contributed by atoms with E-state index in [4.69, 9.17) is 159 Å². The summed E-state index contributed by atoms with van der Waals surface area (Å²) in [5.74, 6) is -0.923. The molecule has 115 heavy (non-hydrogen) atoms. The van der Waals surface area contributed by atoms with Gasteiger partial charge < -0.3 is 73.5 Å². The van der Waals surface area contributed by atoms with E-state index in [1.54, 1.807) is 23.8 Å². The number of carbonyl (C=O) groups excluding carboxylic acids is 3. The SMILES string of the molecule is Brc1cccc2ccccc12.COC(=O)c1ccc(N)c(Cl)c1.ClCCl.Nc1ccc(C(=O)O)cc1Cl.Nc1ccc(C2CC2)c2ccccc12.O=C(CCl)Nc1ccc(C(=O)O)cc1Cl.O=C(Cl)CCl.O=[N+]([O-])O.O=[N+]([O-])c1ccc(C2CC2)c2ccccc12.S=C(Cl)Cl.[Br-].[CH-]1CC1.[CH3-].[HH].[Mg+2].[Pd].c1ccc2c(C3CC3)cccc2c1. The van der Waals surface area contributed by atoms with Crippen molar-refractivity contribution in [1.29, 1.82) is 0 Å². The number of nitro benzene ring substituents is 1. The number of carbonyl (C=O) groups is 5. The van der Waals surface area contributed by atoms with Gasteiger partial charge in [-0.3, -0.25) is 19.7 Å². The molecule has 34 heteroatoms. The van der Waals surface area contributed by atoms with Crippen LogP contribution >= 0.6 is 144 Å². The number of thiocarbonyl (C=S) groups is 1. The van der Waals surface area contributed by atoms with Crippen LogP contribution in [0.1, 0.15) is 118 Å². The number of hydrogen-bond donors (Lipinski definition) is 7. The number of benzene rings is 11. The molecule has 1 amide bonds. The average Bonchev–Trinajstić information content (AvgIpc) is 1.59. The average molecular weight is 2020 g/mol. The van der Waals surface area contributed by atoms with Crippen LogP contribution in [0.2, 0.25) is 15.1 Å². The van der Waals surface area contributed by atoms with Gasteiger partial charge in [0, 0.05) is 43.5 Å². The van der Waals surface area contributed by atoms with Gasteiger partial charge in [-0.25, -0.2) is 27.2 Å². The third kappa shape index (κ3) is 41.1. The predicted octanol–water partition coefficient (Wildman–Crippen LogP) is 21.9. The van der Waals surface area contributed by atoms with Gasteiger partial charge in [0.2, 0.25) is 11.1 Å². The Hall–Kier alpha value is -6.61. The number of halogens is 12. The van der Waals surface area contributed by atoms with Crippen molar-refractivity contribution in [2.45, 2.75) is 69.1 Å². The maximum Gasteiger partial charge on any atom is 2.00 e. The Balaban J connectivity index is 0. The summed E-state index contributed by atoms with van der Waals surface area (Å²) in [5.41, 5.74) is 23.9. The molecule has 614 valence electrons. The second-order valence-corrected chi connectivity index (χ2v) is 29.1. The smallest absolute Gasteiger partial charge is 1.00 e. The first-order chi connectivity index (χ1) is 52.9. The first-order valence-corrected chi connectivity index (χ1v) is 38.7. The number of nitrogens with zero attached hydrogens (tertiary/aromatic N) is 2. The number of alkyl halides is 4. The molecule has 0 spiro atoms. The molecule has 4 aliphatic rings. The van der Waals surface area contributed by atoms with Gasteiger partial charge in [0.05, 0.1) is 77.5 Å². The van der Waals surface area contributed by atoms with Gasteiger partial charge in [-0.2, -0.15) is 0 Å². The number of esters is 1. The summed E-state index contributed by atoms with van der Waals surface area (Å²) in [4.78, 5) is 71.2. The predicted molar refractivity (Wildman–Crippen MR) is 477 cm³/mol. The number of carboxylic acid groups (broad SMARTS) is 2. The van der Waals surface area contributed by atoms with E-state index in [9.17, 15) is 34.1 Å². The number of hydrogen-bond acceptors (Lipinski definition) is 14. The molecule has 15 rings (SSSR count). The summed E-state index contributed by atoms with van der Waals surface area (Å²) in [6.45, 7) is 0. The van der Waals surface area contributed by atoms with Gasteiger partial charge in [-0.15, -0.1) is 56.5 Å². The molecule has 11 aromatic rings. The summed E-state index contributed by atoms with van der Waals surface area (Å²) in [5, 5.41) is 54.4. The maximum absolute atomic E-state index is 11.0. The molecule has 4 fully saturated rings. The maximum atomic E-state index is 11.0. The summed E-state index contributed by atoms with van der Waals surface area (Å²) >= 11 is 58.5. The van der Waals surface area contributed by atoms with Crippen LogP contribution in [-0.4, -0.2) is 106 Å². The number of nitro groups is 1. The van der Waals surface area contributed by atoms with Crippen LogP contribution in [-0.2, 0) is 34.7 Å². The van der Waals surface area contributed by atoms with Crippen LogP contribution in [0.25, 0.3) is 43.1 Å². The fourth-order valence-electron chi connectivity index (χ4n) is 9.86. The molecule has 0 bridgehead atoms. The number of amides is 1. The number of nitrogen functional groups attached to an aromatic ring is 3. The van der Waals surface area contributed by atoms with Crippen molar-refractivity contribution in [3.8, 4) is 0 Å². The molecule has 0 radical (unpaired) electrons. The zero-order valence-electron chi connectivity index (χ0n) is 61.3. The Morgan fingerprint density at radius 2 is 0.878 bits per heavy atom. The largest absolute Gasteiger partial charge is 2.00 e. The number of aromatic carboxylic acids is 2. The number of non-ortho nitro benzene ring substituents is 1. The monoisotopic (exact) mass is 2010 g/mol. The molecule has 4 saturated carbocycles. The molecule has 0 atom stereocenters. The molecule has 0 aliphatic heterocycles. The number of nitrogens with two attached hydrogens (primary N) is 3. The van der Waals surface area contributed by atoms with E-state index in [0.29, 0.717) is 33.6 Å². The third-order valence-electron chi connectivity index (χ3n) is 15.4. The standard InChI is InChI=1S/C13H11NO2.C13H13N.C13H12.C10H7Br.C9H7Cl2NO3.C8H8ClNO2.C7H6ClNO2.C3H5.C2H2Cl2O.CCl2S.CH2Cl2.CH3.BrH.Mg.HNO3.Pd.H2/c15-14(16)13-8-7-10(9-5-6-9)11-3-1-2-4-12(11)13;14-13-8-7-10(9-5-6-9)11-3-1-2-4-12(11)13;1-2-6-12-10(4-1)5-3-7-13(12)11-8-9-11;11-10-7-3-5-8-4-1-2-6-9(8)10;10-4-8(13)12-7-2-1-5(9(14)15)3-6(7)11;1-12-8(11)5-2-3-7(10)6(9)4-5;8-5-3-4(7(10)11)1-2-6(5)9;1-2-3-1;3-1-2(4)5;2-1(3)4;2-1-3;;;;2-1(3)4;;/h1-4,7-9H,5-6H2;1-4,7-9H,5-6,14H2;1-7,11H,8-9H2;1-7H;1-3H,4H2,(H,12,13)(H,14,15);2-4H,10H2,1H3;1-3H,9H2,(H,10,11);1H,2-3H2;1H2;;1H2;1H3;1H;;(H,2,3,4);;1H/q;;;;;;;-1;;;;-1;;+2;;;/p-1. The van der Waals surface area contributed by atoms with Crippen LogP contribution in [0.5, 0.6) is 0 Å². The minimum absolute atomic E-state index is 0. The van der Waals surface area contributed by atoms with Crippen LogP contribution in [0.15, 0.2) is 217 Å². The molecular weight excluding hydrogens is 1940 g/mol. The number of rotatable bonds is 10. The molecule has 0 aromatic heterocycles. The Kier molecular flexibility index (Phi) is 55.0. The van der Waals surface area contributed by atoms with Crippen molar-refractivity contribution < 1.29 is 93.0 Å². The summed E-state index contributed by atoms with van der Waals surface area (Å²) in [6, 6.07) is 66.5. The quantitative estimate of drug-likeness (QED) is 0.00770. The summed E-state index contributed by atoms with van der Waals surface area (Å²) in [7, 11) is 1.31. The Bertz CT molecular complexity index is 4960. The first-order valence-electron chi connectivity index (χ1n) is 33.1. The minimum atomic E-state index is -1.50. The van der Waals surface area contributed by atoms with Crippen LogP contribution in [0, 0.1) is 34.1 Å². The van der Waals surface area contributed by atoms with E-state index in [2.05, 4.69) is 148 Å². The molecule has 19 nitrogen and oxygen atoms in total. The van der Waals surface area contributed by atoms with Gasteiger partial charge in [0.15, 0.2) is 3.78 Å². The van der Waals surface area contributed by atoms with E-state index in [1.165, 1.54) is 144 Å². The molecule has 11 aromatic carbocycles. The number of methoxy groups -OCH3 is 1. The van der Waals surface area contributed by atoms with Crippen molar-refractivity contribution >= 4 is 272 Å². The fraction of sp³-hybridized carbons (Fsp3) is 0.185. The molecule has 0 saturated heterocycles. The van der Waals surface area contributed by atoms with E-state index in [0.717, 1.165) is 32.8 Å². The fourth-order valence-corrected chi connectivity index (χ4v) is 11.0. The molecular formula is C81H79Br2Cl10MgN6O13PdS-. The van der Waals surface area contributed by atoms with E-state index < -0.39 is 34.1 Å². The van der Waals surface area contributed by atoms with E-state index in [-0.39, 0.29) is 122 Å². The first kappa shape index (κ1) is 108. The molecule has 4 aliphatic carbocycles. The van der Waals surface area contributed by atoms with Crippen molar-refractivity contribution in [1.82, 2.24) is 0 Å². The summed E-state index contributed by atoms with van der Waals surface area (Å²) in [6.07, 6.45) is 12.9. The van der Waals surface area contributed by atoms with Gasteiger partial charge in [-0.1, -0.05) is 220 Å². The zero-order valence-corrected chi connectivity index (χ0v) is 75.8. The van der Waals surface area contributed by atoms with Crippen molar-refractivity contribution in [2.24, 2.45) is 0 Å². The van der Waals surface area contributed by atoms with E-state index >= 15 is 0 Å². The van der Waals surface area contributed by atoms with Gasteiger partial charge in [0.25, 0.3) is 10.8 Å². The van der Waals surface area contributed by atoms with Crippen molar-refractivity contribution in [3.05, 3.63) is 299 Å². The van der Waals surface area contributed by atoms with Gasteiger partial charge >= 0.3 is 41.0 Å². The zero-order chi connectivity index (χ0) is 82.3. The van der Waals surface area contributed by atoms with Crippen molar-refractivity contribution in [2.75, 3.05) is 46.7 Å². The Morgan fingerprint density at radius 1 is 0.539 bits per heavy atom. The summed E-state index contributed by atoms with van der Waals surface area (Å²) < 4.78 is 5.60. The Morgan fingerprint density at radius 3 is 1.27 bits per heavy atom. The Labute approximate surface area is 771 Å². The van der Waals surface area contributed by atoms with Crippen molar-refractivity contribution in [3.63, 3.8) is 0 Å². The van der Waals surface area contributed by atoms with Gasteiger partial charge in [-0.05, 0) is 190 Å². The van der Waals surface area contributed by atoms with Gasteiger partial charge in [0.1, 0.15) is 5.88 Å². The minimum Gasteiger partial charge on any atom is -1.00 e. The van der Waals surface area contributed by atoms with E-state index in [1.807, 2.05) is 48.5 Å². The second kappa shape index (κ2) is 58.3. The molecule has 0 heterocycles. The molecule has 0 unspecified atom stereocenters. The second-order valence-electron chi connectivity index (χ2n) is 23.5. The van der Waals surface area contributed by atoms with Crippen LogP contribution in [0.3, 0.4) is 0 Å². The number of ether oxygens (including phenoxy) is 1. The van der Waals surface area contributed by atoms with Crippen LogP contribution in [0.4, 0.5) is 28.4 Å². The normalized spacial score (nSPS) is 11.6. The topological polar surface area (TPSA) is 332 Å². The number of carboxylic acids is 2. The number of nitrogens with one attached hydrogen (secondary N) is 1.